The molecule has 5 aromatic rings. The molecule has 3 aromatic carbocycles. The first-order chi connectivity index (χ1) is 18.7. The van der Waals surface area contributed by atoms with E-state index in [2.05, 4.69) is 77.1 Å². The molecule has 0 spiro atoms. The number of alkyl halides is 3. The van der Waals surface area contributed by atoms with E-state index in [1.54, 1.807) is 11.3 Å². The fourth-order valence-corrected chi connectivity index (χ4v) is 6.96. The van der Waals surface area contributed by atoms with Crippen molar-refractivity contribution in [1.29, 1.82) is 0 Å². The molecule has 0 aliphatic heterocycles. The summed E-state index contributed by atoms with van der Waals surface area (Å²) >= 11 is 1.73. The summed E-state index contributed by atoms with van der Waals surface area (Å²) in [5, 5.41) is 3.64. The second-order valence-electron chi connectivity index (χ2n) is 12.8. The lowest BCUT2D eigenvalue weighted by Crippen LogP contribution is -2.34. The van der Waals surface area contributed by atoms with Crippen LogP contribution in [0.1, 0.15) is 71.1 Å². The maximum absolute atomic E-state index is 13.5. The van der Waals surface area contributed by atoms with Crippen LogP contribution in [0.2, 0.25) is 0 Å². The molecule has 2 aromatic heterocycles. The summed E-state index contributed by atoms with van der Waals surface area (Å²) in [6, 6.07) is 22.8. The van der Waals surface area contributed by atoms with Crippen molar-refractivity contribution < 1.29 is 13.2 Å². The summed E-state index contributed by atoms with van der Waals surface area (Å²) in [5.41, 5.74) is 4.51. The molecule has 0 radical (unpaired) electrons. The Labute approximate surface area is 239 Å². The Bertz CT molecular complexity index is 1680. The molecule has 0 unspecified atom stereocenters. The van der Waals surface area contributed by atoms with Gasteiger partial charge in [-0.15, -0.1) is 11.3 Å². The van der Waals surface area contributed by atoms with Gasteiger partial charge in [0.05, 0.1) is 15.8 Å². The van der Waals surface area contributed by atoms with Gasteiger partial charge in [-0.3, -0.25) is 4.98 Å². The molecule has 5 heteroatoms. The Morgan fingerprint density at radius 1 is 0.800 bits per heavy atom. The van der Waals surface area contributed by atoms with E-state index in [1.165, 1.54) is 41.1 Å². The maximum Gasteiger partial charge on any atom is 0.394 e. The number of aromatic nitrogens is 1. The number of pyridine rings is 1. The first kappa shape index (κ1) is 28.4. The lowest BCUT2D eigenvalue weighted by molar-refractivity contribution is -0.211. The van der Waals surface area contributed by atoms with Gasteiger partial charge in [-0.25, -0.2) is 0 Å². The SMILES string of the molecule is CC(C)c1c(-c2ccc(CC(C)(C)C(F)(F)F)cc2)sc2c(-c3cc(C(C)(C)C)c4ccccc4c3)nccc12. The topological polar surface area (TPSA) is 12.9 Å². The second-order valence-corrected chi connectivity index (χ2v) is 13.8. The normalized spacial score (nSPS) is 13.1. The summed E-state index contributed by atoms with van der Waals surface area (Å²) < 4.78 is 41.6. The molecule has 0 aliphatic rings. The predicted molar refractivity (Wildman–Crippen MR) is 164 cm³/mol. The van der Waals surface area contributed by atoms with Crippen LogP contribution in [0.25, 0.3) is 42.6 Å². The lowest BCUT2D eigenvalue weighted by Gasteiger charge is -2.27. The van der Waals surface area contributed by atoms with Gasteiger partial charge in [0, 0.05) is 22.0 Å². The predicted octanol–water partition coefficient (Wildman–Crippen LogP) is 11.3. The van der Waals surface area contributed by atoms with Gasteiger partial charge in [0.1, 0.15) is 0 Å². The van der Waals surface area contributed by atoms with Crippen LogP contribution < -0.4 is 0 Å². The molecule has 5 rings (SSSR count). The van der Waals surface area contributed by atoms with E-state index in [1.807, 2.05) is 30.5 Å². The highest BCUT2D eigenvalue weighted by Crippen LogP contribution is 2.47. The van der Waals surface area contributed by atoms with Crippen LogP contribution in [0.5, 0.6) is 0 Å². The minimum atomic E-state index is -4.25. The van der Waals surface area contributed by atoms with Crippen LogP contribution >= 0.6 is 11.3 Å². The molecule has 0 saturated carbocycles. The third-order valence-electron chi connectivity index (χ3n) is 7.79. The standard InChI is InChI=1S/C35H36F3NS/c1-21(2)29-27-16-17-39-30(25-18-24-10-8-9-11-26(24)28(19-25)33(3,4)5)32(27)40-31(29)23-14-12-22(13-15-23)20-34(6,7)35(36,37)38/h8-19,21H,20H2,1-7H3. The van der Waals surface area contributed by atoms with Gasteiger partial charge in [-0.05, 0) is 69.0 Å². The van der Waals surface area contributed by atoms with Crippen molar-refractivity contribution in [2.24, 2.45) is 5.41 Å². The summed E-state index contributed by atoms with van der Waals surface area (Å²) in [5.74, 6) is 0.268. The summed E-state index contributed by atoms with van der Waals surface area (Å²) in [6.07, 6.45) is -2.40. The first-order valence-corrected chi connectivity index (χ1v) is 14.6. The number of rotatable bonds is 5. The molecule has 0 N–H and O–H groups in total. The largest absolute Gasteiger partial charge is 0.394 e. The van der Waals surface area contributed by atoms with Crippen molar-refractivity contribution in [1.82, 2.24) is 4.98 Å². The Kier molecular flexibility index (Phi) is 7.11. The van der Waals surface area contributed by atoms with E-state index in [-0.39, 0.29) is 17.8 Å². The molecule has 0 atom stereocenters. The molecular weight excluding hydrogens is 523 g/mol. The molecule has 0 fully saturated rings. The fraction of sp³-hybridized carbons (Fsp3) is 0.343. The number of nitrogens with zero attached hydrogens (tertiary/aromatic N) is 1. The Hall–Kier alpha value is -3.18. The highest BCUT2D eigenvalue weighted by Gasteiger charge is 2.46. The monoisotopic (exact) mass is 559 g/mol. The van der Waals surface area contributed by atoms with Crippen LogP contribution in [0, 0.1) is 5.41 Å². The van der Waals surface area contributed by atoms with Crippen molar-refractivity contribution in [3.05, 3.63) is 89.6 Å². The van der Waals surface area contributed by atoms with Crippen LogP contribution in [-0.4, -0.2) is 11.2 Å². The molecular formula is C35H36F3NS. The fourth-order valence-electron chi connectivity index (χ4n) is 5.49. The molecule has 208 valence electrons. The minimum Gasteiger partial charge on any atom is -0.255 e. The smallest absolute Gasteiger partial charge is 0.255 e. The highest BCUT2D eigenvalue weighted by molar-refractivity contribution is 7.23. The Balaban J connectivity index is 1.65. The van der Waals surface area contributed by atoms with E-state index in [4.69, 9.17) is 4.98 Å². The molecule has 0 amide bonds. The van der Waals surface area contributed by atoms with E-state index in [9.17, 15) is 13.2 Å². The number of thiophene rings is 1. The maximum atomic E-state index is 13.5. The van der Waals surface area contributed by atoms with Crippen molar-refractivity contribution in [2.75, 3.05) is 0 Å². The van der Waals surface area contributed by atoms with Crippen molar-refractivity contribution in [3.63, 3.8) is 0 Å². The van der Waals surface area contributed by atoms with Crippen molar-refractivity contribution >= 4 is 32.2 Å². The van der Waals surface area contributed by atoms with Gasteiger partial charge in [0.25, 0.3) is 0 Å². The quantitative estimate of drug-likeness (QED) is 0.209. The minimum absolute atomic E-state index is 0.0321. The van der Waals surface area contributed by atoms with Gasteiger partial charge in [-0.1, -0.05) is 97.0 Å². The third kappa shape index (κ3) is 5.16. The molecule has 0 bridgehead atoms. The summed E-state index contributed by atoms with van der Waals surface area (Å²) in [6.45, 7) is 13.6. The average molecular weight is 560 g/mol. The molecule has 40 heavy (non-hydrogen) atoms. The van der Waals surface area contributed by atoms with Gasteiger partial charge >= 0.3 is 6.18 Å². The zero-order valence-corrected chi connectivity index (χ0v) is 25.0. The molecule has 2 heterocycles. The van der Waals surface area contributed by atoms with Crippen LogP contribution in [0.4, 0.5) is 13.2 Å². The zero-order valence-electron chi connectivity index (χ0n) is 24.2. The molecule has 1 nitrogen and oxygen atoms in total. The van der Waals surface area contributed by atoms with E-state index in [0.29, 0.717) is 5.56 Å². The van der Waals surface area contributed by atoms with E-state index in [0.717, 1.165) is 26.4 Å². The van der Waals surface area contributed by atoms with Gasteiger partial charge in [-0.2, -0.15) is 13.2 Å². The third-order valence-corrected chi connectivity index (χ3v) is 9.07. The Morgan fingerprint density at radius 2 is 1.48 bits per heavy atom. The van der Waals surface area contributed by atoms with E-state index < -0.39 is 11.6 Å². The van der Waals surface area contributed by atoms with Gasteiger partial charge in [0.2, 0.25) is 0 Å². The molecule has 0 saturated heterocycles. The van der Waals surface area contributed by atoms with Crippen molar-refractivity contribution in [3.8, 4) is 21.7 Å². The van der Waals surface area contributed by atoms with Crippen molar-refractivity contribution in [2.45, 2.75) is 72.4 Å². The van der Waals surface area contributed by atoms with E-state index >= 15 is 0 Å². The Morgan fingerprint density at radius 3 is 2.10 bits per heavy atom. The lowest BCUT2D eigenvalue weighted by atomic mass is 9.82. The summed E-state index contributed by atoms with van der Waals surface area (Å²) in [4.78, 5) is 6.05. The summed E-state index contributed by atoms with van der Waals surface area (Å²) in [7, 11) is 0. The number of hydrogen-bond donors (Lipinski definition) is 0. The number of halogens is 3. The highest BCUT2D eigenvalue weighted by atomic mass is 32.1. The first-order valence-electron chi connectivity index (χ1n) is 13.8. The van der Waals surface area contributed by atoms with Crippen LogP contribution in [-0.2, 0) is 11.8 Å². The molecule has 0 aliphatic carbocycles. The van der Waals surface area contributed by atoms with Crippen LogP contribution in [0.15, 0.2) is 72.9 Å². The number of hydrogen-bond acceptors (Lipinski definition) is 2. The number of benzene rings is 3. The number of fused-ring (bicyclic) bond motifs is 2. The van der Waals surface area contributed by atoms with Gasteiger partial charge < -0.3 is 0 Å². The second kappa shape index (κ2) is 10.0. The average Bonchev–Trinajstić information content (AvgIpc) is 3.27. The van der Waals surface area contributed by atoms with Crippen LogP contribution in [0.3, 0.4) is 0 Å². The zero-order chi connectivity index (χ0) is 29.0. The van der Waals surface area contributed by atoms with Gasteiger partial charge in [0.15, 0.2) is 0 Å².